The summed E-state index contributed by atoms with van der Waals surface area (Å²) in [5.41, 5.74) is 11.6. The van der Waals surface area contributed by atoms with Gasteiger partial charge >= 0.3 is 0 Å². The number of rotatable bonds is 5. The maximum atomic E-state index is 5.11. The molecular formula is C19H16N4O. The molecule has 0 saturated heterocycles. The first-order valence-corrected chi connectivity index (χ1v) is 7.61. The summed E-state index contributed by atoms with van der Waals surface area (Å²) < 4.78 is 7.07. The van der Waals surface area contributed by atoms with Crippen LogP contribution in [-0.2, 0) is 0 Å². The van der Waals surface area contributed by atoms with Crippen molar-refractivity contribution in [2.75, 3.05) is 10.9 Å². The molecule has 2 N–H and O–H groups in total. The summed E-state index contributed by atoms with van der Waals surface area (Å²) in [6.45, 7) is 0. The van der Waals surface area contributed by atoms with E-state index >= 15 is 0 Å². The van der Waals surface area contributed by atoms with Crippen LogP contribution in [0.4, 0.5) is 11.4 Å². The molecule has 0 spiro atoms. The van der Waals surface area contributed by atoms with E-state index in [9.17, 15) is 0 Å². The molecule has 0 radical (unpaired) electrons. The van der Waals surface area contributed by atoms with Gasteiger partial charge in [0.1, 0.15) is 0 Å². The highest BCUT2D eigenvalue weighted by atomic mass is 16.3. The second kappa shape index (κ2) is 6.34. The van der Waals surface area contributed by atoms with Crippen LogP contribution in [0.2, 0.25) is 0 Å². The van der Waals surface area contributed by atoms with Gasteiger partial charge in [-0.3, -0.25) is 0 Å². The molecule has 0 fully saturated rings. The Labute approximate surface area is 139 Å². The molecule has 4 rings (SSSR count). The quantitative estimate of drug-likeness (QED) is 0.530. The van der Waals surface area contributed by atoms with Crippen LogP contribution < -0.4 is 10.9 Å². The number of furan rings is 1. The number of hydrazine groups is 1. The molecule has 118 valence electrons. The van der Waals surface area contributed by atoms with Crippen molar-refractivity contribution in [3.05, 3.63) is 85.8 Å². The largest absolute Gasteiger partial charge is 0.472 e. The van der Waals surface area contributed by atoms with E-state index in [1.165, 1.54) is 0 Å². The topological polar surface area (TPSA) is 55.0 Å². The van der Waals surface area contributed by atoms with Crippen molar-refractivity contribution in [1.29, 1.82) is 0 Å². The van der Waals surface area contributed by atoms with Crippen molar-refractivity contribution in [1.82, 2.24) is 9.55 Å². The molecule has 0 atom stereocenters. The van der Waals surface area contributed by atoms with Crippen molar-refractivity contribution < 1.29 is 4.42 Å². The fourth-order valence-electron chi connectivity index (χ4n) is 2.45. The second-order valence-corrected chi connectivity index (χ2v) is 5.36. The number of aromatic nitrogens is 2. The molecule has 4 aromatic rings. The van der Waals surface area contributed by atoms with Crippen molar-refractivity contribution in [3.8, 4) is 16.8 Å². The molecular weight excluding hydrogens is 300 g/mol. The number of hydrogen-bond donors (Lipinski definition) is 2. The van der Waals surface area contributed by atoms with E-state index in [0.29, 0.717) is 0 Å². The zero-order valence-electron chi connectivity index (χ0n) is 12.9. The van der Waals surface area contributed by atoms with Crippen LogP contribution >= 0.6 is 0 Å². The van der Waals surface area contributed by atoms with E-state index < -0.39 is 0 Å². The van der Waals surface area contributed by atoms with Gasteiger partial charge in [0, 0.05) is 23.6 Å². The Hall–Kier alpha value is -3.47. The lowest BCUT2D eigenvalue weighted by Gasteiger charge is -2.11. The van der Waals surface area contributed by atoms with Gasteiger partial charge in [0.2, 0.25) is 0 Å². The van der Waals surface area contributed by atoms with E-state index in [0.717, 1.165) is 28.2 Å². The molecule has 0 aliphatic rings. The Kier molecular flexibility index (Phi) is 3.73. The SMILES string of the molecule is c1cn(-c2ccc(NNc3ccc(-c4ccoc4)cc3)cc2)cn1. The molecule has 0 amide bonds. The molecule has 24 heavy (non-hydrogen) atoms. The van der Waals surface area contributed by atoms with Crippen molar-refractivity contribution in [2.45, 2.75) is 0 Å². The third-order valence-corrected chi connectivity index (χ3v) is 3.76. The van der Waals surface area contributed by atoms with E-state index in [-0.39, 0.29) is 0 Å². The average Bonchev–Trinajstić information content (AvgIpc) is 3.34. The van der Waals surface area contributed by atoms with Gasteiger partial charge in [-0.25, -0.2) is 4.98 Å². The average molecular weight is 316 g/mol. The van der Waals surface area contributed by atoms with Crippen LogP contribution in [0.25, 0.3) is 16.8 Å². The first-order valence-electron chi connectivity index (χ1n) is 7.61. The van der Waals surface area contributed by atoms with E-state index in [4.69, 9.17) is 4.42 Å². The van der Waals surface area contributed by atoms with Gasteiger partial charge in [-0.15, -0.1) is 0 Å². The molecule has 0 aliphatic heterocycles. The van der Waals surface area contributed by atoms with Gasteiger partial charge in [0.05, 0.1) is 30.2 Å². The minimum atomic E-state index is 0.984. The minimum absolute atomic E-state index is 0.984. The standard InChI is InChI=1S/C19H16N4O/c1-3-17(4-2-15(1)16-9-12-24-13-16)21-22-18-5-7-19(8-6-18)23-11-10-20-14-23/h1-14,21-22H. The lowest BCUT2D eigenvalue weighted by molar-refractivity contribution is 0.568. The lowest BCUT2D eigenvalue weighted by atomic mass is 10.1. The van der Waals surface area contributed by atoms with Crippen LogP contribution in [0.5, 0.6) is 0 Å². The Morgan fingerprint density at radius 3 is 2.08 bits per heavy atom. The predicted molar refractivity (Wildman–Crippen MR) is 95.0 cm³/mol. The van der Waals surface area contributed by atoms with E-state index in [1.807, 2.05) is 53.2 Å². The van der Waals surface area contributed by atoms with Gasteiger partial charge in [0.25, 0.3) is 0 Å². The van der Waals surface area contributed by atoms with Crippen molar-refractivity contribution in [2.24, 2.45) is 0 Å². The van der Waals surface area contributed by atoms with Crippen LogP contribution in [0, 0.1) is 0 Å². The molecule has 2 heterocycles. The Morgan fingerprint density at radius 2 is 1.50 bits per heavy atom. The fraction of sp³-hybridized carbons (Fsp3) is 0. The van der Waals surface area contributed by atoms with Gasteiger partial charge in [-0.2, -0.15) is 0 Å². The molecule has 2 aromatic heterocycles. The zero-order valence-corrected chi connectivity index (χ0v) is 12.9. The molecule has 0 aliphatic carbocycles. The first-order chi connectivity index (χ1) is 11.9. The number of nitrogens with zero attached hydrogens (tertiary/aromatic N) is 2. The summed E-state index contributed by atoms with van der Waals surface area (Å²) in [4.78, 5) is 4.05. The van der Waals surface area contributed by atoms with Gasteiger partial charge in [-0.05, 0) is 48.0 Å². The normalized spacial score (nSPS) is 10.5. The molecule has 2 aromatic carbocycles. The number of imidazole rings is 1. The third kappa shape index (κ3) is 3.01. The number of benzene rings is 2. The molecule has 5 nitrogen and oxygen atoms in total. The Bertz CT molecular complexity index is 802. The van der Waals surface area contributed by atoms with Gasteiger partial charge < -0.3 is 19.8 Å². The molecule has 5 heteroatoms. The zero-order chi connectivity index (χ0) is 16.2. The van der Waals surface area contributed by atoms with Crippen LogP contribution in [-0.4, -0.2) is 9.55 Å². The number of hydrogen-bond acceptors (Lipinski definition) is 4. The number of anilines is 2. The maximum Gasteiger partial charge on any atom is 0.0991 e. The highest BCUT2D eigenvalue weighted by Gasteiger charge is 2.00. The summed E-state index contributed by atoms with van der Waals surface area (Å²) in [6, 6.07) is 18.2. The van der Waals surface area contributed by atoms with Crippen LogP contribution in [0.3, 0.4) is 0 Å². The first kappa shape index (κ1) is 14.1. The highest BCUT2D eigenvalue weighted by molar-refractivity contribution is 5.65. The minimum Gasteiger partial charge on any atom is -0.472 e. The fourth-order valence-corrected chi connectivity index (χ4v) is 2.45. The lowest BCUT2D eigenvalue weighted by Crippen LogP contribution is -2.08. The monoisotopic (exact) mass is 316 g/mol. The molecule has 0 unspecified atom stereocenters. The summed E-state index contributed by atoms with van der Waals surface area (Å²) >= 11 is 0. The predicted octanol–water partition coefficient (Wildman–Crippen LogP) is 4.57. The third-order valence-electron chi connectivity index (χ3n) is 3.76. The van der Waals surface area contributed by atoms with Crippen LogP contribution in [0.15, 0.2) is 90.3 Å². The van der Waals surface area contributed by atoms with Crippen molar-refractivity contribution >= 4 is 11.4 Å². The summed E-state index contributed by atoms with van der Waals surface area (Å²) in [6.07, 6.45) is 8.88. The maximum absolute atomic E-state index is 5.11. The highest BCUT2D eigenvalue weighted by Crippen LogP contribution is 2.22. The smallest absolute Gasteiger partial charge is 0.0991 e. The van der Waals surface area contributed by atoms with Gasteiger partial charge in [0.15, 0.2) is 0 Å². The summed E-state index contributed by atoms with van der Waals surface area (Å²) in [7, 11) is 0. The van der Waals surface area contributed by atoms with Gasteiger partial charge in [-0.1, -0.05) is 12.1 Å². The van der Waals surface area contributed by atoms with Crippen LogP contribution in [0.1, 0.15) is 0 Å². The molecule has 0 bridgehead atoms. The Morgan fingerprint density at radius 1 is 0.792 bits per heavy atom. The van der Waals surface area contributed by atoms with E-state index in [2.05, 4.69) is 28.0 Å². The summed E-state index contributed by atoms with van der Waals surface area (Å²) in [5, 5.41) is 0. The van der Waals surface area contributed by atoms with E-state index in [1.54, 1.807) is 25.1 Å². The Balaban J connectivity index is 1.40. The second-order valence-electron chi connectivity index (χ2n) is 5.36. The molecule has 0 saturated carbocycles. The van der Waals surface area contributed by atoms with Crippen molar-refractivity contribution in [3.63, 3.8) is 0 Å². The number of nitrogens with one attached hydrogen (secondary N) is 2. The summed E-state index contributed by atoms with van der Waals surface area (Å²) in [5.74, 6) is 0.